The maximum Gasteiger partial charge on any atom is 0.309 e. The number of nitrogens with zero attached hydrogens (tertiary/aromatic N) is 1. The van der Waals surface area contributed by atoms with Gasteiger partial charge in [0.25, 0.3) is 0 Å². The normalized spacial score (nSPS) is 36.4. The summed E-state index contributed by atoms with van der Waals surface area (Å²) in [5.41, 5.74) is 0.211. The molecule has 0 aromatic heterocycles. The molecule has 3 heteroatoms. The van der Waals surface area contributed by atoms with Gasteiger partial charge in [0.2, 0.25) is 0 Å². The Labute approximate surface area is 105 Å². The lowest BCUT2D eigenvalue weighted by atomic mass is 9.66. The summed E-state index contributed by atoms with van der Waals surface area (Å²) in [7, 11) is 2.19. The Morgan fingerprint density at radius 3 is 2.88 bits per heavy atom. The van der Waals surface area contributed by atoms with Gasteiger partial charge in [-0.1, -0.05) is 6.92 Å². The lowest BCUT2D eigenvalue weighted by molar-refractivity contribution is -0.160. The lowest BCUT2D eigenvalue weighted by Crippen LogP contribution is -2.40. The minimum absolute atomic E-state index is 0.0719. The smallest absolute Gasteiger partial charge is 0.309 e. The quantitative estimate of drug-likeness (QED) is 0.693. The molecule has 2 saturated heterocycles. The Balaban J connectivity index is 2.14. The second-order valence-electron chi connectivity index (χ2n) is 5.74. The summed E-state index contributed by atoms with van der Waals surface area (Å²) in [5.74, 6) is 0.232. The number of hydrogen-bond donors (Lipinski definition) is 0. The Hall–Kier alpha value is -0.570. The van der Waals surface area contributed by atoms with E-state index in [9.17, 15) is 4.79 Å². The van der Waals surface area contributed by atoms with Crippen LogP contribution in [0.3, 0.4) is 0 Å². The van der Waals surface area contributed by atoms with Crippen molar-refractivity contribution in [1.82, 2.24) is 4.90 Å². The van der Waals surface area contributed by atoms with E-state index in [-0.39, 0.29) is 17.3 Å². The van der Waals surface area contributed by atoms with Crippen molar-refractivity contribution in [2.45, 2.75) is 45.4 Å². The molecule has 3 nitrogen and oxygen atoms in total. The molecule has 0 aromatic carbocycles. The van der Waals surface area contributed by atoms with Crippen molar-refractivity contribution in [3.63, 3.8) is 0 Å². The van der Waals surface area contributed by atoms with Crippen molar-refractivity contribution in [2.75, 3.05) is 26.7 Å². The first kappa shape index (κ1) is 12.9. The second-order valence-corrected chi connectivity index (χ2v) is 5.74. The van der Waals surface area contributed by atoms with E-state index in [4.69, 9.17) is 4.74 Å². The molecule has 0 radical (unpaired) electrons. The van der Waals surface area contributed by atoms with E-state index < -0.39 is 0 Å². The lowest BCUT2D eigenvalue weighted by Gasteiger charge is -2.40. The summed E-state index contributed by atoms with van der Waals surface area (Å²) in [5, 5.41) is 0. The Kier molecular flexibility index (Phi) is 4.08. The maximum atomic E-state index is 12.0. The maximum absolute atomic E-state index is 12.0. The van der Waals surface area contributed by atoms with Crippen LogP contribution in [-0.2, 0) is 9.53 Å². The Bertz CT molecular complexity index is 279. The molecule has 0 saturated carbocycles. The van der Waals surface area contributed by atoms with Crippen LogP contribution >= 0.6 is 0 Å². The van der Waals surface area contributed by atoms with Gasteiger partial charge in [0, 0.05) is 0 Å². The van der Waals surface area contributed by atoms with E-state index in [1.165, 1.54) is 19.4 Å². The molecular formula is C14H25NO2. The van der Waals surface area contributed by atoms with Crippen LogP contribution < -0.4 is 0 Å². The van der Waals surface area contributed by atoms with Crippen LogP contribution in [0.15, 0.2) is 0 Å². The van der Waals surface area contributed by atoms with E-state index in [1.54, 1.807) is 0 Å². The topological polar surface area (TPSA) is 29.5 Å². The number of hydrogen-bond acceptors (Lipinski definition) is 3. The summed E-state index contributed by atoms with van der Waals surface area (Å²) in [6.07, 6.45) is 6.76. The van der Waals surface area contributed by atoms with Gasteiger partial charge in [0.1, 0.15) is 0 Å². The van der Waals surface area contributed by atoms with Gasteiger partial charge in [0.15, 0.2) is 0 Å². The van der Waals surface area contributed by atoms with Gasteiger partial charge in [-0.05, 0) is 64.1 Å². The molecule has 0 bridgehead atoms. The van der Waals surface area contributed by atoms with Crippen LogP contribution in [0.25, 0.3) is 0 Å². The third kappa shape index (κ3) is 2.65. The van der Waals surface area contributed by atoms with Crippen molar-refractivity contribution in [3.8, 4) is 0 Å². The number of ether oxygens (including phenoxy) is 1. The highest BCUT2D eigenvalue weighted by molar-refractivity contribution is 5.74. The van der Waals surface area contributed by atoms with E-state index in [0.29, 0.717) is 6.61 Å². The molecule has 0 spiro atoms. The first-order valence-corrected chi connectivity index (χ1v) is 7.03. The highest BCUT2D eigenvalue weighted by Crippen LogP contribution is 2.45. The average molecular weight is 239 g/mol. The molecule has 17 heavy (non-hydrogen) atoms. The van der Waals surface area contributed by atoms with Crippen LogP contribution in [0, 0.1) is 11.3 Å². The molecule has 2 fully saturated rings. The van der Waals surface area contributed by atoms with Crippen LogP contribution in [0.1, 0.15) is 45.4 Å². The number of likely N-dealkylation sites (tertiary alicyclic amines) is 1. The fourth-order valence-electron chi connectivity index (χ4n) is 3.53. The molecule has 2 unspecified atom stereocenters. The van der Waals surface area contributed by atoms with Crippen molar-refractivity contribution in [1.29, 1.82) is 0 Å². The SMILES string of the molecule is CCC1(C2CCCOC2=O)CCCN(C)CC1. The summed E-state index contributed by atoms with van der Waals surface area (Å²) in [6.45, 7) is 5.17. The molecular weight excluding hydrogens is 214 g/mol. The number of esters is 1. The number of carbonyl (C=O) groups excluding carboxylic acids is 1. The van der Waals surface area contributed by atoms with Crippen molar-refractivity contribution in [2.24, 2.45) is 11.3 Å². The summed E-state index contributed by atoms with van der Waals surface area (Å²) >= 11 is 0. The predicted octanol–water partition coefficient (Wildman–Crippen LogP) is 2.45. The standard InChI is InChI=1S/C14H25NO2/c1-3-14(7-5-9-15(2)10-8-14)12-6-4-11-17-13(12)16/h12H,3-11H2,1-2H3. The Morgan fingerprint density at radius 2 is 2.18 bits per heavy atom. The molecule has 0 aliphatic carbocycles. The first-order valence-electron chi connectivity index (χ1n) is 7.03. The van der Waals surface area contributed by atoms with Crippen LogP contribution in [0.5, 0.6) is 0 Å². The zero-order valence-electron chi connectivity index (χ0n) is 11.2. The third-order valence-electron chi connectivity index (χ3n) is 4.82. The van der Waals surface area contributed by atoms with E-state index in [2.05, 4.69) is 18.9 Å². The number of cyclic esters (lactones) is 1. The van der Waals surface area contributed by atoms with Crippen LogP contribution in [0.4, 0.5) is 0 Å². The molecule has 98 valence electrons. The molecule has 0 amide bonds. The predicted molar refractivity (Wildman–Crippen MR) is 67.8 cm³/mol. The van der Waals surface area contributed by atoms with Gasteiger partial charge in [-0.2, -0.15) is 0 Å². The summed E-state index contributed by atoms with van der Waals surface area (Å²) in [4.78, 5) is 14.4. The van der Waals surface area contributed by atoms with Gasteiger partial charge in [-0.15, -0.1) is 0 Å². The van der Waals surface area contributed by atoms with Gasteiger partial charge in [-0.25, -0.2) is 0 Å². The third-order valence-corrected chi connectivity index (χ3v) is 4.82. The first-order chi connectivity index (χ1) is 8.18. The molecule has 2 aliphatic rings. The van der Waals surface area contributed by atoms with Crippen LogP contribution in [-0.4, -0.2) is 37.6 Å². The monoisotopic (exact) mass is 239 g/mol. The van der Waals surface area contributed by atoms with Crippen molar-refractivity contribution in [3.05, 3.63) is 0 Å². The second kappa shape index (κ2) is 5.38. The van der Waals surface area contributed by atoms with Gasteiger partial charge >= 0.3 is 5.97 Å². The van der Waals surface area contributed by atoms with E-state index in [0.717, 1.165) is 32.2 Å². The van der Waals surface area contributed by atoms with Gasteiger partial charge < -0.3 is 9.64 Å². The van der Waals surface area contributed by atoms with Crippen LogP contribution in [0.2, 0.25) is 0 Å². The largest absolute Gasteiger partial charge is 0.465 e. The highest BCUT2D eigenvalue weighted by atomic mass is 16.5. The summed E-state index contributed by atoms with van der Waals surface area (Å²) in [6, 6.07) is 0. The molecule has 2 aliphatic heterocycles. The summed E-state index contributed by atoms with van der Waals surface area (Å²) < 4.78 is 5.29. The number of carbonyl (C=O) groups is 1. The number of rotatable bonds is 2. The zero-order chi connectivity index (χ0) is 12.3. The fraction of sp³-hybridized carbons (Fsp3) is 0.929. The minimum atomic E-state index is 0.0719. The molecule has 0 aromatic rings. The van der Waals surface area contributed by atoms with Crippen molar-refractivity contribution < 1.29 is 9.53 Å². The van der Waals surface area contributed by atoms with E-state index in [1.807, 2.05) is 0 Å². The average Bonchev–Trinajstić information content (AvgIpc) is 2.53. The van der Waals surface area contributed by atoms with Crippen molar-refractivity contribution >= 4 is 5.97 Å². The Morgan fingerprint density at radius 1 is 1.35 bits per heavy atom. The molecule has 2 rings (SSSR count). The van der Waals surface area contributed by atoms with E-state index >= 15 is 0 Å². The highest BCUT2D eigenvalue weighted by Gasteiger charge is 2.43. The minimum Gasteiger partial charge on any atom is -0.465 e. The fourth-order valence-corrected chi connectivity index (χ4v) is 3.53. The molecule has 0 N–H and O–H groups in total. The van der Waals surface area contributed by atoms with Gasteiger partial charge in [0.05, 0.1) is 12.5 Å². The zero-order valence-corrected chi connectivity index (χ0v) is 11.2. The van der Waals surface area contributed by atoms with Gasteiger partial charge in [-0.3, -0.25) is 4.79 Å². The molecule has 2 heterocycles. The molecule has 2 atom stereocenters.